The summed E-state index contributed by atoms with van der Waals surface area (Å²) >= 11 is 3.48. The first-order chi connectivity index (χ1) is 9.09. The minimum absolute atomic E-state index is 0.0104. The molecule has 0 saturated heterocycles. The van der Waals surface area contributed by atoms with Crippen LogP contribution in [0.15, 0.2) is 27.3 Å². The molecule has 0 unspecified atom stereocenters. The number of hydrogen-bond donors (Lipinski definition) is 0. The third kappa shape index (κ3) is 2.14. The third-order valence-corrected chi connectivity index (χ3v) is 4.62. The van der Waals surface area contributed by atoms with Crippen molar-refractivity contribution in [3.8, 4) is 0 Å². The molecule has 0 radical (unpaired) electrons. The van der Waals surface area contributed by atoms with E-state index >= 15 is 0 Å². The van der Waals surface area contributed by atoms with Gasteiger partial charge in [-0.05, 0) is 49.9 Å². The zero-order valence-corrected chi connectivity index (χ0v) is 12.5. The quantitative estimate of drug-likeness (QED) is 0.798. The lowest BCUT2D eigenvalue weighted by molar-refractivity contribution is 0.103. The lowest BCUT2D eigenvalue weighted by atomic mass is 9.96. The van der Waals surface area contributed by atoms with Gasteiger partial charge in [-0.15, -0.1) is 0 Å². The summed E-state index contributed by atoms with van der Waals surface area (Å²) in [6.07, 6.45) is 3.73. The van der Waals surface area contributed by atoms with Crippen molar-refractivity contribution in [2.24, 2.45) is 0 Å². The topological polar surface area (TPSA) is 43.1 Å². The van der Waals surface area contributed by atoms with Gasteiger partial charge in [-0.1, -0.05) is 21.1 Å². The van der Waals surface area contributed by atoms with Crippen LogP contribution in [-0.2, 0) is 0 Å². The number of nitrogens with zero attached hydrogens (tertiary/aromatic N) is 1. The van der Waals surface area contributed by atoms with Crippen LogP contribution in [0.2, 0.25) is 0 Å². The van der Waals surface area contributed by atoms with Crippen molar-refractivity contribution < 1.29 is 9.32 Å². The van der Waals surface area contributed by atoms with Gasteiger partial charge < -0.3 is 4.52 Å². The van der Waals surface area contributed by atoms with Gasteiger partial charge in [0.1, 0.15) is 0 Å². The molecular formula is C15H14BrNO2. The first kappa shape index (κ1) is 12.6. The lowest BCUT2D eigenvalue weighted by Gasteiger charge is -2.09. The summed E-state index contributed by atoms with van der Waals surface area (Å²) in [5, 5.41) is 3.79. The fourth-order valence-corrected chi connectivity index (χ4v) is 2.67. The molecule has 1 fully saturated rings. The highest BCUT2D eigenvalue weighted by atomic mass is 79.9. The number of rotatable bonds is 3. The summed E-state index contributed by atoms with van der Waals surface area (Å²) in [6, 6.07) is 3.78. The smallest absolute Gasteiger partial charge is 0.198 e. The Morgan fingerprint density at radius 1 is 1.26 bits per heavy atom. The van der Waals surface area contributed by atoms with E-state index in [4.69, 9.17) is 4.52 Å². The van der Waals surface area contributed by atoms with Gasteiger partial charge in [0, 0.05) is 16.0 Å². The minimum Gasteiger partial charge on any atom is -0.360 e. The van der Waals surface area contributed by atoms with E-state index in [2.05, 4.69) is 21.1 Å². The maximum atomic E-state index is 12.6. The molecule has 4 heteroatoms. The predicted octanol–water partition coefficient (Wildman–Crippen LogP) is 4.16. The molecule has 3 nitrogen and oxygen atoms in total. The highest BCUT2D eigenvalue weighted by Crippen LogP contribution is 2.42. The molecule has 0 bridgehead atoms. The van der Waals surface area contributed by atoms with Gasteiger partial charge in [-0.3, -0.25) is 4.79 Å². The molecule has 1 aliphatic carbocycles. The highest BCUT2D eigenvalue weighted by Gasteiger charge is 2.33. The van der Waals surface area contributed by atoms with Gasteiger partial charge in [-0.25, -0.2) is 0 Å². The molecule has 0 N–H and O–H groups in total. The average molecular weight is 320 g/mol. The number of aromatic nitrogens is 1. The molecular weight excluding hydrogens is 306 g/mol. The average Bonchev–Trinajstić information content (AvgIpc) is 3.13. The largest absolute Gasteiger partial charge is 0.360 e. The minimum atomic E-state index is 0.0104. The Morgan fingerprint density at radius 3 is 2.68 bits per heavy atom. The van der Waals surface area contributed by atoms with Crippen LogP contribution >= 0.6 is 15.9 Å². The number of halogens is 1. The summed E-state index contributed by atoms with van der Waals surface area (Å²) in [6.45, 7) is 3.98. The third-order valence-electron chi connectivity index (χ3n) is 3.76. The van der Waals surface area contributed by atoms with E-state index < -0.39 is 0 Å². The monoisotopic (exact) mass is 319 g/mol. The second-order valence-corrected chi connectivity index (χ2v) is 5.91. The number of hydrogen-bond acceptors (Lipinski definition) is 3. The normalized spacial score (nSPS) is 14.7. The van der Waals surface area contributed by atoms with Crippen molar-refractivity contribution in [3.63, 3.8) is 0 Å². The van der Waals surface area contributed by atoms with Crippen LogP contribution in [0.25, 0.3) is 0 Å². The van der Waals surface area contributed by atoms with Gasteiger partial charge >= 0.3 is 0 Å². The first-order valence-electron chi connectivity index (χ1n) is 6.34. The summed E-state index contributed by atoms with van der Waals surface area (Å²) in [5.41, 5.74) is 3.44. The van der Waals surface area contributed by atoms with E-state index in [1.165, 1.54) is 0 Å². The number of benzene rings is 1. The fourth-order valence-electron chi connectivity index (χ4n) is 2.24. The molecule has 19 heavy (non-hydrogen) atoms. The van der Waals surface area contributed by atoms with E-state index in [9.17, 15) is 4.79 Å². The molecule has 1 saturated carbocycles. The SMILES string of the molecule is Cc1c(Br)ccc(C(=O)c2cnoc2C2CC2)c1C. The van der Waals surface area contributed by atoms with Gasteiger partial charge in [0.25, 0.3) is 0 Å². The van der Waals surface area contributed by atoms with Gasteiger partial charge in [0.15, 0.2) is 11.5 Å². The van der Waals surface area contributed by atoms with Crippen molar-refractivity contribution in [2.75, 3.05) is 0 Å². The van der Waals surface area contributed by atoms with E-state index in [-0.39, 0.29) is 5.78 Å². The van der Waals surface area contributed by atoms with E-state index in [0.29, 0.717) is 11.5 Å². The van der Waals surface area contributed by atoms with Crippen LogP contribution in [0.5, 0.6) is 0 Å². The molecule has 2 aromatic rings. The van der Waals surface area contributed by atoms with Crippen LogP contribution in [0.3, 0.4) is 0 Å². The zero-order valence-electron chi connectivity index (χ0n) is 10.9. The Labute approximate surface area is 120 Å². The number of carbonyl (C=O) groups is 1. The molecule has 3 rings (SSSR count). The molecule has 0 atom stereocenters. The van der Waals surface area contributed by atoms with Gasteiger partial charge in [-0.2, -0.15) is 0 Å². The first-order valence-corrected chi connectivity index (χ1v) is 7.14. The Bertz CT molecular complexity index is 656. The van der Waals surface area contributed by atoms with Crippen molar-refractivity contribution in [1.82, 2.24) is 5.16 Å². The van der Waals surface area contributed by atoms with Crippen molar-refractivity contribution in [1.29, 1.82) is 0 Å². The molecule has 0 spiro atoms. The second-order valence-electron chi connectivity index (χ2n) is 5.05. The van der Waals surface area contributed by atoms with Crippen LogP contribution in [-0.4, -0.2) is 10.9 Å². The Balaban J connectivity index is 2.04. The molecule has 0 aliphatic heterocycles. The van der Waals surface area contributed by atoms with E-state index in [0.717, 1.165) is 39.8 Å². The molecule has 0 amide bonds. The fraction of sp³-hybridized carbons (Fsp3) is 0.333. The molecule has 1 heterocycles. The Morgan fingerprint density at radius 2 is 2.00 bits per heavy atom. The summed E-state index contributed by atoms with van der Waals surface area (Å²) in [5.74, 6) is 1.15. The van der Waals surface area contributed by atoms with E-state index in [1.807, 2.05) is 26.0 Å². The van der Waals surface area contributed by atoms with Crippen molar-refractivity contribution >= 4 is 21.7 Å². The second kappa shape index (κ2) is 4.60. The van der Waals surface area contributed by atoms with E-state index in [1.54, 1.807) is 6.20 Å². The number of carbonyl (C=O) groups excluding carboxylic acids is 1. The van der Waals surface area contributed by atoms with Gasteiger partial charge in [0.2, 0.25) is 0 Å². The Hall–Kier alpha value is -1.42. The predicted molar refractivity (Wildman–Crippen MR) is 75.5 cm³/mol. The van der Waals surface area contributed by atoms with Crippen LogP contribution in [0.1, 0.15) is 51.6 Å². The molecule has 1 aromatic heterocycles. The zero-order chi connectivity index (χ0) is 13.6. The summed E-state index contributed by atoms with van der Waals surface area (Å²) in [7, 11) is 0. The summed E-state index contributed by atoms with van der Waals surface area (Å²) < 4.78 is 6.27. The highest BCUT2D eigenvalue weighted by molar-refractivity contribution is 9.10. The summed E-state index contributed by atoms with van der Waals surface area (Å²) in [4.78, 5) is 12.6. The number of ketones is 1. The van der Waals surface area contributed by atoms with Crippen LogP contribution in [0, 0.1) is 13.8 Å². The van der Waals surface area contributed by atoms with Gasteiger partial charge in [0.05, 0.1) is 11.8 Å². The van der Waals surface area contributed by atoms with Crippen molar-refractivity contribution in [3.05, 3.63) is 50.8 Å². The maximum Gasteiger partial charge on any atom is 0.198 e. The van der Waals surface area contributed by atoms with Crippen LogP contribution in [0.4, 0.5) is 0 Å². The molecule has 1 aromatic carbocycles. The maximum absolute atomic E-state index is 12.6. The lowest BCUT2D eigenvalue weighted by Crippen LogP contribution is -2.06. The Kier molecular flexibility index (Phi) is 3.05. The van der Waals surface area contributed by atoms with Crippen LogP contribution < -0.4 is 0 Å². The van der Waals surface area contributed by atoms with Crippen molar-refractivity contribution in [2.45, 2.75) is 32.6 Å². The molecule has 1 aliphatic rings. The molecule has 98 valence electrons. The standard InChI is InChI=1S/C15H14BrNO2/c1-8-9(2)13(16)6-5-11(8)14(18)12-7-17-19-15(12)10-3-4-10/h5-7,10H,3-4H2,1-2H3.